The van der Waals surface area contributed by atoms with E-state index in [1.165, 1.54) is 0 Å². The lowest BCUT2D eigenvalue weighted by molar-refractivity contribution is -0.151. The molecule has 164 valence electrons. The number of nitrogens with zero attached hydrogens (tertiary/aromatic N) is 1. The molecule has 2 unspecified atom stereocenters. The Labute approximate surface area is 184 Å². The van der Waals surface area contributed by atoms with Crippen molar-refractivity contribution in [3.63, 3.8) is 0 Å². The molecule has 0 saturated carbocycles. The van der Waals surface area contributed by atoms with Crippen molar-refractivity contribution in [1.29, 1.82) is 0 Å². The molecule has 31 heavy (non-hydrogen) atoms. The van der Waals surface area contributed by atoms with Gasteiger partial charge in [0, 0.05) is 24.7 Å². The van der Waals surface area contributed by atoms with Crippen LogP contribution in [0.1, 0.15) is 44.2 Å². The van der Waals surface area contributed by atoms with Gasteiger partial charge in [0.25, 0.3) is 0 Å². The van der Waals surface area contributed by atoms with Gasteiger partial charge in [0.1, 0.15) is 11.7 Å². The molecule has 0 aliphatic heterocycles. The van der Waals surface area contributed by atoms with Gasteiger partial charge in [0.15, 0.2) is 5.78 Å². The highest BCUT2D eigenvalue weighted by Crippen LogP contribution is 2.41. The first-order chi connectivity index (χ1) is 15.0. The van der Waals surface area contributed by atoms with Crippen LogP contribution in [0.25, 0.3) is 5.57 Å². The molecule has 1 aliphatic carbocycles. The normalized spacial score (nSPS) is 18.3. The third-order valence-electron chi connectivity index (χ3n) is 5.90. The Morgan fingerprint density at radius 1 is 1.06 bits per heavy atom. The number of ketones is 1. The maximum absolute atomic E-state index is 13.1. The van der Waals surface area contributed by atoms with E-state index in [9.17, 15) is 9.59 Å². The smallest absolute Gasteiger partial charge is 0.317 e. The quantitative estimate of drug-likeness (QED) is 0.450. The number of hydrogen-bond donors (Lipinski definition) is 0. The highest BCUT2D eigenvalue weighted by molar-refractivity contribution is 6.10. The van der Waals surface area contributed by atoms with E-state index < -0.39 is 11.9 Å². The number of carbonyl (C=O) groups is 2. The van der Waals surface area contributed by atoms with Crippen molar-refractivity contribution in [2.75, 3.05) is 31.7 Å². The van der Waals surface area contributed by atoms with Crippen LogP contribution in [0.2, 0.25) is 0 Å². The summed E-state index contributed by atoms with van der Waals surface area (Å²) in [5.74, 6) is -1.03. The van der Waals surface area contributed by atoms with Gasteiger partial charge in [0.05, 0.1) is 13.7 Å². The molecule has 0 radical (unpaired) electrons. The van der Waals surface area contributed by atoms with E-state index in [1.807, 2.05) is 36.4 Å². The summed E-state index contributed by atoms with van der Waals surface area (Å²) < 4.78 is 10.6. The first kappa shape index (κ1) is 22.6. The number of esters is 1. The molecular formula is C26H31NO4. The van der Waals surface area contributed by atoms with Gasteiger partial charge in [-0.25, -0.2) is 0 Å². The number of carbonyl (C=O) groups excluding carboxylic acids is 2. The fraction of sp³-hybridized carbons (Fsp3) is 0.385. The van der Waals surface area contributed by atoms with Crippen LogP contribution >= 0.6 is 0 Å². The molecule has 0 bridgehead atoms. The number of hydrogen-bond acceptors (Lipinski definition) is 5. The van der Waals surface area contributed by atoms with Crippen molar-refractivity contribution in [2.24, 2.45) is 5.92 Å². The Morgan fingerprint density at radius 2 is 1.77 bits per heavy atom. The third-order valence-corrected chi connectivity index (χ3v) is 5.90. The van der Waals surface area contributed by atoms with Gasteiger partial charge in [-0.2, -0.15) is 0 Å². The predicted molar refractivity (Wildman–Crippen MR) is 123 cm³/mol. The number of rotatable bonds is 8. The number of anilines is 1. The minimum atomic E-state index is -0.825. The van der Waals surface area contributed by atoms with Crippen molar-refractivity contribution >= 4 is 23.0 Å². The van der Waals surface area contributed by atoms with Gasteiger partial charge < -0.3 is 14.4 Å². The summed E-state index contributed by atoms with van der Waals surface area (Å²) in [6.07, 6.45) is 2.17. The highest BCUT2D eigenvalue weighted by atomic mass is 16.5. The standard InChI is InChI=1S/C26H31NO4/c1-5-27(6-2)21-13-11-18(12-14-21)23-16-20(19-9-8-10-22(15-19)30-4)17-24(28)25(23)26(29)31-7-3/h8-15,17,23,25H,5-7,16H2,1-4H3. The van der Waals surface area contributed by atoms with Gasteiger partial charge in [-0.15, -0.1) is 0 Å². The Balaban J connectivity index is 1.99. The fourth-order valence-electron chi connectivity index (χ4n) is 4.24. The highest BCUT2D eigenvalue weighted by Gasteiger charge is 2.39. The van der Waals surface area contributed by atoms with E-state index in [4.69, 9.17) is 9.47 Å². The summed E-state index contributed by atoms with van der Waals surface area (Å²) >= 11 is 0. The monoisotopic (exact) mass is 421 g/mol. The largest absolute Gasteiger partial charge is 0.497 e. The Morgan fingerprint density at radius 3 is 2.39 bits per heavy atom. The van der Waals surface area contributed by atoms with Crippen molar-refractivity contribution in [1.82, 2.24) is 0 Å². The summed E-state index contributed by atoms with van der Waals surface area (Å²) in [6.45, 7) is 8.11. The zero-order valence-corrected chi connectivity index (χ0v) is 18.8. The second-order valence-electron chi connectivity index (χ2n) is 7.61. The van der Waals surface area contributed by atoms with Crippen LogP contribution in [-0.4, -0.2) is 38.6 Å². The van der Waals surface area contributed by atoms with Gasteiger partial charge in [-0.1, -0.05) is 24.3 Å². The van der Waals surface area contributed by atoms with Crippen LogP contribution < -0.4 is 9.64 Å². The summed E-state index contributed by atoms with van der Waals surface area (Å²) in [7, 11) is 1.62. The molecule has 2 aromatic rings. The lowest BCUT2D eigenvalue weighted by Gasteiger charge is -2.30. The Kier molecular flexibility index (Phi) is 7.50. The molecule has 2 aromatic carbocycles. The van der Waals surface area contributed by atoms with E-state index in [0.29, 0.717) is 6.42 Å². The van der Waals surface area contributed by atoms with E-state index in [0.717, 1.165) is 41.2 Å². The third kappa shape index (κ3) is 4.98. The van der Waals surface area contributed by atoms with Crippen molar-refractivity contribution in [2.45, 2.75) is 33.1 Å². The minimum Gasteiger partial charge on any atom is -0.497 e. The lowest BCUT2D eigenvalue weighted by atomic mass is 9.73. The molecule has 5 heteroatoms. The molecule has 1 aliphatic rings. The average Bonchev–Trinajstić information content (AvgIpc) is 2.80. The molecule has 0 N–H and O–H groups in total. The van der Waals surface area contributed by atoms with Crippen LogP contribution in [0.4, 0.5) is 5.69 Å². The predicted octanol–water partition coefficient (Wildman–Crippen LogP) is 4.86. The molecule has 0 saturated heterocycles. The summed E-state index contributed by atoms with van der Waals surface area (Å²) in [6, 6.07) is 15.9. The van der Waals surface area contributed by atoms with Crippen LogP contribution in [-0.2, 0) is 14.3 Å². The zero-order valence-electron chi connectivity index (χ0n) is 18.8. The fourth-order valence-corrected chi connectivity index (χ4v) is 4.24. The van der Waals surface area contributed by atoms with Crippen LogP contribution in [0.3, 0.4) is 0 Å². The second kappa shape index (κ2) is 10.3. The van der Waals surface area contributed by atoms with Crippen molar-refractivity contribution in [3.05, 3.63) is 65.7 Å². The molecule has 0 spiro atoms. The molecule has 5 nitrogen and oxygen atoms in total. The van der Waals surface area contributed by atoms with Gasteiger partial charge in [-0.05, 0) is 74.2 Å². The molecule has 0 aromatic heterocycles. The molecule has 0 fully saturated rings. The van der Waals surface area contributed by atoms with E-state index in [2.05, 4.69) is 30.9 Å². The SMILES string of the molecule is CCOC(=O)C1C(=O)C=C(c2cccc(OC)c2)CC1c1ccc(N(CC)CC)cc1. The number of ether oxygens (including phenoxy) is 2. The maximum atomic E-state index is 13.1. The number of methoxy groups -OCH3 is 1. The number of allylic oxidation sites excluding steroid dienone is 2. The maximum Gasteiger partial charge on any atom is 0.317 e. The Hall–Kier alpha value is -3.08. The first-order valence-corrected chi connectivity index (χ1v) is 10.9. The van der Waals surface area contributed by atoms with Crippen LogP contribution in [0.5, 0.6) is 5.75 Å². The van der Waals surface area contributed by atoms with Crippen molar-refractivity contribution < 1.29 is 19.1 Å². The van der Waals surface area contributed by atoms with Crippen LogP contribution in [0.15, 0.2) is 54.6 Å². The average molecular weight is 422 g/mol. The summed E-state index contributed by atoms with van der Waals surface area (Å²) in [5, 5.41) is 0. The topological polar surface area (TPSA) is 55.8 Å². The van der Waals surface area contributed by atoms with E-state index >= 15 is 0 Å². The molecule has 2 atom stereocenters. The minimum absolute atomic E-state index is 0.208. The second-order valence-corrected chi connectivity index (χ2v) is 7.61. The zero-order chi connectivity index (χ0) is 22.4. The summed E-state index contributed by atoms with van der Waals surface area (Å²) in [4.78, 5) is 28.1. The molecular weight excluding hydrogens is 390 g/mol. The van der Waals surface area contributed by atoms with Gasteiger partial charge in [-0.3, -0.25) is 9.59 Å². The van der Waals surface area contributed by atoms with Crippen molar-refractivity contribution in [3.8, 4) is 5.75 Å². The van der Waals surface area contributed by atoms with E-state index in [1.54, 1.807) is 20.1 Å². The van der Waals surface area contributed by atoms with Gasteiger partial charge in [0.2, 0.25) is 0 Å². The molecule has 3 rings (SSSR count). The Bertz CT molecular complexity index is 944. The lowest BCUT2D eigenvalue weighted by Crippen LogP contribution is -2.34. The summed E-state index contributed by atoms with van der Waals surface area (Å²) in [5.41, 5.74) is 3.94. The molecule has 0 amide bonds. The molecule has 0 heterocycles. The number of benzene rings is 2. The van der Waals surface area contributed by atoms with E-state index in [-0.39, 0.29) is 18.3 Å². The van der Waals surface area contributed by atoms with Crippen LogP contribution in [0, 0.1) is 5.92 Å². The first-order valence-electron chi connectivity index (χ1n) is 10.9. The van der Waals surface area contributed by atoms with Gasteiger partial charge >= 0.3 is 5.97 Å².